The van der Waals surface area contributed by atoms with Crippen molar-refractivity contribution in [1.82, 2.24) is 15.2 Å². The summed E-state index contributed by atoms with van der Waals surface area (Å²) in [5.74, 6) is 0.520. The van der Waals surface area contributed by atoms with E-state index in [0.717, 1.165) is 11.4 Å². The van der Waals surface area contributed by atoms with E-state index in [1.54, 1.807) is 26.0 Å². The Kier molecular flexibility index (Phi) is 4.65. The zero-order valence-electron chi connectivity index (χ0n) is 12.0. The minimum Gasteiger partial charge on any atom is -0.491 e. The van der Waals surface area contributed by atoms with Crippen molar-refractivity contribution in [3.8, 4) is 5.75 Å². The maximum atomic E-state index is 11.8. The van der Waals surface area contributed by atoms with Gasteiger partial charge >= 0.3 is 0 Å². The van der Waals surface area contributed by atoms with Crippen LogP contribution in [0.5, 0.6) is 5.75 Å². The number of aromatic nitrogens is 3. The van der Waals surface area contributed by atoms with Gasteiger partial charge in [-0.25, -0.2) is 4.98 Å². The molecule has 1 heterocycles. The lowest BCUT2D eigenvalue weighted by atomic mass is 10.3. The first-order valence-corrected chi connectivity index (χ1v) is 6.51. The molecule has 0 aliphatic carbocycles. The van der Waals surface area contributed by atoms with Gasteiger partial charge in [-0.05, 0) is 26.0 Å². The van der Waals surface area contributed by atoms with Crippen LogP contribution < -0.4 is 15.8 Å². The van der Waals surface area contributed by atoms with Gasteiger partial charge in [0.25, 0.3) is 0 Å². The molecule has 7 nitrogen and oxygen atoms in total. The highest BCUT2D eigenvalue weighted by molar-refractivity contribution is 5.88. The molecule has 3 N–H and O–H groups in total. The number of nitrogens with one attached hydrogen (secondary N) is 1. The van der Waals surface area contributed by atoms with E-state index in [2.05, 4.69) is 20.5 Å². The number of anilines is 2. The van der Waals surface area contributed by atoms with Gasteiger partial charge in [0.1, 0.15) is 5.75 Å². The summed E-state index contributed by atoms with van der Waals surface area (Å²) in [5.41, 5.74) is 7.74. The molecule has 21 heavy (non-hydrogen) atoms. The largest absolute Gasteiger partial charge is 0.491 e. The molecule has 0 spiro atoms. The van der Waals surface area contributed by atoms with E-state index in [1.165, 1.54) is 0 Å². The molecule has 1 aromatic carbocycles. The van der Waals surface area contributed by atoms with E-state index < -0.39 is 0 Å². The molecule has 0 fully saturated rings. The number of benzene rings is 1. The highest BCUT2D eigenvalue weighted by Gasteiger charge is 2.07. The zero-order chi connectivity index (χ0) is 15.2. The third-order valence-corrected chi connectivity index (χ3v) is 2.85. The number of nitrogens with zero attached hydrogens (tertiary/aromatic N) is 3. The van der Waals surface area contributed by atoms with Gasteiger partial charge in [-0.15, -0.1) is 5.10 Å². The van der Waals surface area contributed by atoms with Crippen LogP contribution in [-0.2, 0) is 4.79 Å². The van der Waals surface area contributed by atoms with Crippen LogP contribution in [0.4, 0.5) is 11.6 Å². The molecule has 2 aromatic rings. The Labute approximate surface area is 122 Å². The van der Waals surface area contributed by atoms with Crippen LogP contribution in [0.25, 0.3) is 0 Å². The van der Waals surface area contributed by atoms with Crippen molar-refractivity contribution in [3.63, 3.8) is 0 Å². The molecule has 110 valence electrons. The van der Waals surface area contributed by atoms with Crippen LogP contribution in [0.15, 0.2) is 24.3 Å². The highest BCUT2D eigenvalue weighted by Crippen LogP contribution is 2.19. The summed E-state index contributed by atoms with van der Waals surface area (Å²) in [7, 11) is 0. The average Bonchev–Trinajstić information content (AvgIpc) is 2.45. The van der Waals surface area contributed by atoms with Crippen molar-refractivity contribution in [2.45, 2.75) is 20.3 Å². The maximum absolute atomic E-state index is 11.8. The summed E-state index contributed by atoms with van der Waals surface area (Å²) in [6.45, 7) is 3.83. The lowest BCUT2D eigenvalue weighted by Crippen LogP contribution is -2.18. The Balaban J connectivity index is 1.82. The molecule has 0 bridgehead atoms. The molecule has 2 rings (SSSR count). The number of aryl methyl sites for hydroxylation is 2. The number of nitrogens with two attached hydrogens (primary N) is 1. The fraction of sp³-hybridized carbons (Fsp3) is 0.286. The van der Waals surface area contributed by atoms with Crippen LogP contribution in [-0.4, -0.2) is 27.7 Å². The third-order valence-electron chi connectivity index (χ3n) is 2.85. The first-order valence-electron chi connectivity index (χ1n) is 6.51. The summed E-state index contributed by atoms with van der Waals surface area (Å²) in [5, 5.41) is 10.3. The summed E-state index contributed by atoms with van der Waals surface area (Å²) in [4.78, 5) is 15.9. The standard InChI is InChI=1S/C14H17N5O2/c1-9-10(2)18-19-14(16-9)17-13(20)7-8-21-12-6-4-3-5-11(12)15/h3-6H,7-8,15H2,1-2H3,(H,16,17,19,20). The molecule has 0 aliphatic rings. The van der Waals surface area contributed by atoms with Crippen molar-refractivity contribution in [3.05, 3.63) is 35.7 Å². The van der Waals surface area contributed by atoms with Gasteiger partial charge in [-0.2, -0.15) is 5.10 Å². The Bertz CT molecular complexity index is 645. The quantitative estimate of drug-likeness (QED) is 0.807. The number of hydrogen-bond donors (Lipinski definition) is 2. The molecular formula is C14H17N5O2. The average molecular weight is 287 g/mol. The Morgan fingerprint density at radius 2 is 2.00 bits per heavy atom. The molecule has 1 amide bonds. The van der Waals surface area contributed by atoms with Gasteiger partial charge in [0.15, 0.2) is 0 Å². The molecule has 0 unspecified atom stereocenters. The second-order valence-corrected chi connectivity index (χ2v) is 4.49. The molecule has 0 aliphatic heterocycles. The monoisotopic (exact) mass is 287 g/mol. The van der Waals surface area contributed by atoms with Crippen LogP contribution in [0.3, 0.4) is 0 Å². The highest BCUT2D eigenvalue weighted by atomic mass is 16.5. The molecule has 0 radical (unpaired) electrons. The van der Waals surface area contributed by atoms with Crippen molar-refractivity contribution in [2.75, 3.05) is 17.7 Å². The lowest BCUT2D eigenvalue weighted by Gasteiger charge is -2.08. The summed E-state index contributed by atoms with van der Waals surface area (Å²) in [6.07, 6.45) is 0.171. The molecule has 0 atom stereocenters. The third kappa shape index (κ3) is 4.13. The van der Waals surface area contributed by atoms with Gasteiger partial charge < -0.3 is 10.5 Å². The minimum absolute atomic E-state index is 0.171. The predicted octanol–water partition coefficient (Wildman–Crippen LogP) is 1.48. The predicted molar refractivity (Wildman–Crippen MR) is 78.9 cm³/mol. The zero-order valence-corrected chi connectivity index (χ0v) is 12.0. The Morgan fingerprint density at radius 3 is 2.71 bits per heavy atom. The van der Waals surface area contributed by atoms with Crippen molar-refractivity contribution >= 4 is 17.5 Å². The van der Waals surface area contributed by atoms with Crippen molar-refractivity contribution in [2.24, 2.45) is 0 Å². The first kappa shape index (κ1) is 14.7. The molecule has 0 saturated carbocycles. The lowest BCUT2D eigenvalue weighted by molar-refractivity contribution is -0.116. The van der Waals surface area contributed by atoms with Gasteiger partial charge in [0, 0.05) is 0 Å². The van der Waals surface area contributed by atoms with Gasteiger partial charge in [-0.1, -0.05) is 12.1 Å². The number of carbonyl (C=O) groups excluding carboxylic acids is 1. The second kappa shape index (κ2) is 6.65. The van der Waals surface area contributed by atoms with E-state index in [4.69, 9.17) is 10.5 Å². The van der Waals surface area contributed by atoms with E-state index in [9.17, 15) is 4.79 Å². The van der Waals surface area contributed by atoms with Gasteiger partial charge in [0.05, 0.1) is 30.1 Å². The SMILES string of the molecule is Cc1nnc(NC(=O)CCOc2ccccc2N)nc1C. The van der Waals surface area contributed by atoms with Crippen LogP contribution in [0, 0.1) is 13.8 Å². The fourth-order valence-corrected chi connectivity index (χ4v) is 1.56. The Morgan fingerprint density at radius 1 is 1.24 bits per heavy atom. The van der Waals surface area contributed by atoms with E-state index in [1.807, 2.05) is 12.1 Å². The van der Waals surface area contributed by atoms with E-state index in [0.29, 0.717) is 11.4 Å². The van der Waals surface area contributed by atoms with Crippen LogP contribution in [0.1, 0.15) is 17.8 Å². The molecule has 0 saturated heterocycles. The number of hydrogen-bond acceptors (Lipinski definition) is 6. The summed E-state index contributed by atoms with van der Waals surface area (Å²) in [6, 6.07) is 7.13. The number of amides is 1. The number of ether oxygens (including phenoxy) is 1. The van der Waals surface area contributed by atoms with E-state index >= 15 is 0 Å². The van der Waals surface area contributed by atoms with Gasteiger partial charge in [-0.3, -0.25) is 10.1 Å². The number of rotatable bonds is 5. The molecular weight excluding hydrogens is 270 g/mol. The Hall–Kier alpha value is -2.70. The fourth-order valence-electron chi connectivity index (χ4n) is 1.56. The minimum atomic E-state index is -0.241. The van der Waals surface area contributed by atoms with Crippen LogP contribution >= 0.6 is 0 Å². The van der Waals surface area contributed by atoms with Crippen molar-refractivity contribution in [1.29, 1.82) is 0 Å². The topological polar surface area (TPSA) is 103 Å². The van der Waals surface area contributed by atoms with E-state index in [-0.39, 0.29) is 24.9 Å². The number of para-hydroxylation sites is 2. The van der Waals surface area contributed by atoms with Crippen molar-refractivity contribution < 1.29 is 9.53 Å². The summed E-state index contributed by atoms with van der Waals surface area (Å²) >= 11 is 0. The number of nitrogen functional groups attached to an aromatic ring is 1. The molecule has 7 heteroatoms. The van der Waals surface area contributed by atoms with Gasteiger partial charge in [0.2, 0.25) is 11.9 Å². The second-order valence-electron chi connectivity index (χ2n) is 4.49. The normalized spacial score (nSPS) is 10.2. The molecule has 1 aromatic heterocycles. The smallest absolute Gasteiger partial charge is 0.249 e. The maximum Gasteiger partial charge on any atom is 0.249 e. The first-order chi connectivity index (χ1) is 10.1. The van der Waals surface area contributed by atoms with Crippen LogP contribution in [0.2, 0.25) is 0 Å². The summed E-state index contributed by atoms with van der Waals surface area (Å²) < 4.78 is 5.45. The number of carbonyl (C=O) groups is 1.